The van der Waals surface area contributed by atoms with Crippen LogP contribution in [0.25, 0.3) is 0 Å². The fraction of sp³-hybridized carbons (Fsp3) is 0.150. The molecule has 0 spiro atoms. The first kappa shape index (κ1) is 18.6. The molecule has 2 aromatic carbocycles. The molecule has 3 heterocycles. The van der Waals surface area contributed by atoms with Crippen molar-refractivity contribution in [1.29, 1.82) is 0 Å². The van der Waals surface area contributed by atoms with Gasteiger partial charge in [0, 0.05) is 15.8 Å². The minimum atomic E-state index is -0.675. The number of H-pyrrole nitrogens is 1. The summed E-state index contributed by atoms with van der Waals surface area (Å²) >= 11 is 8.27. The zero-order valence-corrected chi connectivity index (χ0v) is 17.0. The number of hydrogen-bond donors (Lipinski definition) is 1. The molecule has 5 nitrogen and oxygen atoms in total. The van der Waals surface area contributed by atoms with Crippen LogP contribution in [-0.4, -0.2) is 22.0 Å². The molecule has 146 valence electrons. The van der Waals surface area contributed by atoms with Crippen LogP contribution < -0.4 is 9.77 Å². The summed E-state index contributed by atoms with van der Waals surface area (Å²) in [7, 11) is 0. The lowest BCUT2D eigenvalue weighted by atomic mass is 9.83. The van der Waals surface area contributed by atoms with Crippen LogP contribution in [0.2, 0.25) is 5.02 Å². The van der Waals surface area contributed by atoms with Gasteiger partial charge in [-0.15, -0.1) is 0 Å². The predicted molar refractivity (Wildman–Crippen MR) is 110 cm³/mol. The fourth-order valence-electron chi connectivity index (χ4n) is 3.89. The Kier molecular flexibility index (Phi) is 4.38. The number of nitrogens with zero attached hydrogens (tertiary/aromatic N) is 1. The second kappa shape index (κ2) is 6.83. The molecule has 1 aromatic heterocycles. The number of nitrogens with one attached hydrogen (secondary N) is 1. The fourth-order valence-corrected chi connectivity index (χ4v) is 6.53. The molecular formula is C20H12ClFN2O3S2. The van der Waals surface area contributed by atoms with Crippen LogP contribution in [0.5, 0.6) is 0 Å². The highest BCUT2D eigenvalue weighted by molar-refractivity contribution is 8.00. The number of benzene rings is 2. The van der Waals surface area contributed by atoms with Crippen molar-refractivity contribution in [3.05, 3.63) is 79.5 Å². The lowest BCUT2D eigenvalue weighted by Crippen LogP contribution is -2.32. The number of halogens is 2. The first-order valence-corrected chi connectivity index (χ1v) is 10.8. The molecule has 1 N–H and O–H groups in total. The Morgan fingerprint density at radius 3 is 2.34 bits per heavy atom. The normalized spacial score (nSPS) is 23.2. The van der Waals surface area contributed by atoms with Crippen molar-refractivity contribution >= 4 is 52.2 Å². The van der Waals surface area contributed by atoms with Crippen molar-refractivity contribution in [1.82, 2.24) is 4.98 Å². The van der Waals surface area contributed by atoms with E-state index in [2.05, 4.69) is 4.98 Å². The molecule has 1 fully saturated rings. The van der Waals surface area contributed by atoms with Crippen LogP contribution in [0.1, 0.15) is 16.4 Å². The molecule has 3 aromatic rings. The molecule has 2 unspecified atom stereocenters. The number of amides is 2. The molecule has 0 aliphatic carbocycles. The summed E-state index contributed by atoms with van der Waals surface area (Å²) in [5, 5.41) is 0.494. The van der Waals surface area contributed by atoms with Crippen molar-refractivity contribution < 1.29 is 14.0 Å². The average molecular weight is 447 g/mol. The van der Waals surface area contributed by atoms with E-state index in [1.807, 2.05) is 12.1 Å². The number of thiazole rings is 1. The van der Waals surface area contributed by atoms with E-state index >= 15 is 0 Å². The monoisotopic (exact) mass is 446 g/mol. The van der Waals surface area contributed by atoms with Gasteiger partial charge >= 0.3 is 4.87 Å². The smallest absolute Gasteiger partial charge is 0.305 e. The molecule has 29 heavy (non-hydrogen) atoms. The highest BCUT2D eigenvalue weighted by Gasteiger charge is 2.56. The number of thioether (sulfide) groups is 1. The Labute approximate surface area is 177 Å². The standard InChI is InChI=1S/C20H12ClFN2O3S2/c21-10-3-1-9(2-4-10)13-14-16(28-17-15(13)29-20(27)23-17)19(26)24(18(14)25)12-7-5-11(22)6-8-12/h1-8,13-14,16H,(H,23,27)/t13-,14?,16?/m1/s1. The maximum Gasteiger partial charge on any atom is 0.305 e. The summed E-state index contributed by atoms with van der Waals surface area (Å²) in [6.45, 7) is 0. The first-order chi connectivity index (χ1) is 13.9. The quantitative estimate of drug-likeness (QED) is 0.603. The van der Waals surface area contributed by atoms with Gasteiger partial charge < -0.3 is 4.98 Å². The summed E-state index contributed by atoms with van der Waals surface area (Å²) < 4.78 is 13.3. The number of carbonyl (C=O) groups excluding carboxylic acids is 2. The van der Waals surface area contributed by atoms with Crippen LogP contribution in [0.15, 0.2) is 58.4 Å². The van der Waals surface area contributed by atoms with E-state index in [1.165, 1.54) is 36.0 Å². The van der Waals surface area contributed by atoms with Crippen molar-refractivity contribution in [3.8, 4) is 0 Å². The molecule has 3 atom stereocenters. The summed E-state index contributed by atoms with van der Waals surface area (Å²) in [5.74, 6) is -2.28. The van der Waals surface area contributed by atoms with Crippen molar-refractivity contribution in [2.75, 3.05) is 4.90 Å². The number of fused-ring (bicyclic) bond motifs is 2. The third-order valence-electron chi connectivity index (χ3n) is 5.14. The van der Waals surface area contributed by atoms with Gasteiger partial charge in [0.05, 0.1) is 16.6 Å². The second-order valence-electron chi connectivity index (χ2n) is 6.79. The maximum absolute atomic E-state index is 13.4. The summed E-state index contributed by atoms with van der Waals surface area (Å²) in [6, 6.07) is 12.3. The van der Waals surface area contributed by atoms with Crippen molar-refractivity contribution in [3.63, 3.8) is 0 Å². The summed E-state index contributed by atoms with van der Waals surface area (Å²) in [5.41, 5.74) is 1.14. The number of aromatic nitrogens is 1. The molecular weight excluding hydrogens is 435 g/mol. The molecule has 2 aliphatic heterocycles. The first-order valence-electron chi connectivity index (χ1n) is 8.72. The zero-order valence-electron chi connectivity index (χ0n) is 14.6. The van der Waals surface area contributed by atoms with E-state index in [-0.39, 0.29) is 16.7 Å². The summed E-state index contributed by atoms with van der Waals surface area (Å²) in [4.78, 5) is 43.0. The van der Waals surface area contributed by atoms with Gasteiger partial charge in [-0.3, -0.25) is 14.4 Å². The van der Waals surface area contributed by atoms with Crippen LogP contribution in [0.3, 0.4) is 0 Å². The number of anilines is 1. The summed E-state index contributed by atoms with van der Waals surface area (Å²) in [6.07, 6.45) is 0. The van der Waals surface area contributed by atoms with E-state index in [4.69, 9.17) is 11.6 Å². The van der Waals surface area contributed by atoms with Crippen molar-refractivity contribution in [2.45, 2.75) is 16.2 Å². The molecule has 2 amide bonds. The molecule has 5 rings (SSSR count). The topological polar surface area (TPSA) is 70.2 Å². The van der Waals surface area contributed by atoms with E-state index < -0.39 is 22.9 Å². The minimum absolute atomic E-state index is 0.225. The molecule has 0 saturated carbocycles. The Balaban J connectivity index is 1.64. The number of rotatable bonds is 2. The number of aromatic amines is 1. The maximum atomic E-state index is 13.4. The predicted octanol–water partition coefficient (Wildman–Crippen LogP) is 4.02. The van der Waals surface area contributed by atoms with Gasteiger partial charge in [-0.25, -0.2) is 9.29 Å². The van der Waals surface area contributed by atoms with Gasteiger partial charge in [-0.05, 0) is 42.0 Å². The average Bonchev–Trinajstić information content (AvgIpc) is 3.19. The van der Waals surface area contributed by atoms with Crippen LogP contribution >= 0.6 is 34.7 Å². The Bertz CT molecular complexity index is 1190. The third-order valence-corrected chi connectivity index (χ3v) is 7.79. The minimum Gasteiger partial charge on any atom is -0.307 e. The van der Waals surface area contributed by atoms with Crippen LogP contribution in [0, 0.1) is 11.7 Å². The number of carbonyl (C=O) groups is 2. The van der Waals surface area contributed by atoms with Gasteiger partial charge in [0.25, 0.3) is 0 Å². The van der Waals surface area contributed by atoms with Gasteiger partial charge in [-0.2, -0.15) is 0 Å². The SMILES string of the molecule is O=C1C2Sc3[nH]c(=O)sc3[C@H](c3ccc(Cl)cc3)C2C(=O)N1c1ccc(F)cc1. The van der Waals surface area contributed by atoms with Crippen LogP contribution in [-0.2, 0) is 9.59 Å². The molecule has 0 bridgehead atoms. The zero-order chi connectivity index (χ0) is 20.3. The van der Waals surface area contributed by atoms with Crippen LogP contribution in [0.4, 0.5) is 10.1 Å². The molecule has 9 heteroatoms. The lowest BCUT2D eigenvalue weighted by Gasteiger charge is -2.29. The third kappa shape index (κ3) is 2.94. The lowest BCUT2D eigenvalue weighted by molar-refractivity contribution is -0.122. The second-order valence-corrected chi connectivity index (χ2v) is 9.39. The van der Waals surface area contributed by atoms with E-state index in [1.54, 1.807) is 12.1 Å². The van der Waals surface area contributed by atoms with Gasteiger partial charge in [0.15, 0.2) is 0 Å². The van der Waals surface area contributed by atoms with Crippen molar-refractivity contribution in [2.24, 2.45) is 5.92 Å². The van der Waals surface area contributed by atoms with E-state index in [0.717, 1.165) is 26.7 Å². The highest BCUT2D eigenvalue weighted by Crippen LogP contribution is 2.53. The van der Waals surface area contributed by atoms with Gasteiger partial charge in [-0.1, -0.05) is 46.8 Å². The van der Waals surface area contributed by atoms with Gasteiger partial charge in [0.2, 0.25) is 11.8 Å². The molecule has 1 saturated heterocycles. The number of imide groups is 1. The highest BCUT2D eigenvalue weighted by atomic mass is 35.5. The number of hydrogen-bond acceptors (Lipinski definition) is 5. The Hall–Kier alpha value is -2.42. The molecule has 2 aliphatic rings. The van der Waals surface area contributed by atoms with E-state index in [9.17, 15) is 18.8 Å². The van der Waals surface area contributed by atoms with E-state index in [0.29, 0.717) is 15.7 Å². The Morgan fingerprint density at radius 1 is 0.966 bits per heavy atom. The van der Waals surface area contributed by atoms with Gasteiger partial charge in [0.1, 0.15) is 11.1 Å². The molecule has 0 radical (unpaired) electrons. The Morgan fingerprint density at radius 2 is 1.66 bits per heavy atom. The largest absolute Gasteiger partial charge is 0.307 e.